The lowest BCUT2D eigenvalue weighted by Crippen LogP contribution is -2.93. The standard InChI is InChI=1S/C24H31N3O2/c1-16(2)13-22(24(29)26-17(3)18-9-5-4-6-10-18)27-23(28)21-14-19-11-7-8-12-20(19)15-25-21/h4-12,16-17,21-22,25H,13-15H2,1-3H3,(H,26,29)(H,27,28)/p+1/t17-,21+,22+/m1/s1. The zero-order valence-corrected chi connectivity index (χ0v) is 17.5. The number of hydrogen-bond donors (Lipinski definition) is 3. The number of carbonyl (C=O) groups is 2. The predicted molar refractivity (Wildman–Crippen MR) is 114 cm³/mol. The van der Waals surface area contributed by atoms with E-state index in [0.717, 1.165) is 12.1 Å². The molecule has 0 bridgehead atoms. The van der Waals surface area contributed by atoms with Gasteiger partial charge >= 0.3 is 0 Å². The molecule has 5 heteroatoms. The molecule has 0 fully saturated rings. The lowest BCUT2D eigenvalue weighted by atomic mass is 9.95. The minimum atomic E-state index is -0.528. The molecular weight excluding hydrogens is 362 g/mol. The number of nitrogens with two attached hydrogens (primary N) is 1. The number of quaternary nitrogens is 1. The van der Waals surface area contributed by atoms with Crippen LogP contribution in [0.4, 0.5) is 0 Å². The minimum absolute atomic E-state index is 0.0623. The van der Waals surface area contributed by atoms with Crippen molar-refractivity contribution in [3.63, 3.8) is 0 Å². The summed E-state index contributed by atoms with van der Waals surface area (Å²) in [6.45, 7) is 6.89. The van der Waals surface area contributed by atoms with Crippen LogP contribution >= 0.6 is 0 Å². The molecule has 1 aliphatic rings. The fourth-order valence-electron chi connectivity index (χ4n) is 3.87. The third-order valence-electron chi connectivity index (χ3n) is 5.52. The Morgan fingerprint density at radius 3 is 2.31 bits per heavy atom. The molecular formula is C24H32N3O2+. The van der Waals surface area contributed by atoms with Gasteiger partial charge in [0.1, 0.15) is 12.6 Å². The molecule has 3 atom stereocenters. The summed E-state index contributed by atoms with van der Waals surface area (Å²) in [4.78, 5) is 25.9. The van der Waals surface area contributed by atoms with Crippen molar-refractivity contribution in [2.24, 2.45) is 5.92 Å². The fourth-order valence-corrected chi connectivity index (χ4v) is 3.87. The van der Waals surface area contributed by atoms with Crippen LogP contribution in [-0.4, -0.2) is 23.9 Å². The molecule has 0 aromatic heterocycles. The van der Waals surface area contributed by atoms with Gasteiger partial charge in [-0.1, -0.05) is 68.4 Å². The van der Waals surface area contributed by atoms with Gasteiger partial charge in [-0.15, -0.1) is 0 Å². The third-order valence-corrected chi connectivity index (χ3v) is 5.52. The van der Waals surface area contributed by atoms with Crippen LogP contribution in [0.5, 0.6) is 0 Å². The van der Waals surface area contributed by atoms with Crippen molar-refractivity contribution in [1.29, 1.82) is 0 Å². The molecule has 0 radical (unpaired) electrons. The predicted octanol–water partition coefficient (Wildman–Crippen LogP) is 2.08. The highest BCUT2D eigenvalue weighted by molar-refractivity contribution is 5.89. The molecule has 2 amide bonds. The van der Waals surface area contributed by atoms with E-state index in [1.54, 1.807) is 0 Å². The van der Waals surface area contributed by atoms with E-state index in [0.29, 0.717) is 18.8 Å². The highest BCUT2D eigenvalue weighted by Gasteiger charge is 2.31. The highest BCUT2D eigenvalue weighted by atomic mass is 16.2. The van der Waals surface area contributed by atoms with Crippen LogP contribution in [0.25, 0.3) is 0 Å². The minimum Gasteiger partial charge on any atom is -0.348 e. The van der Waals surface area contributed by atoms with Gasteiger partial charge in [0.05, 0.1) is 6.04 Å². The first-order valence-electron chi connectivity index (χ1n) is 10.5. The van der Waals surface area contributed by atoms with Crippen molar-refractivity contribution in [2.75, 3.05) is 0 Å². The molecule has 0 unspecified atom stereocenters. The summed E-state index contributed by atoms with van der Waals surface area (Å²) in [6, 6.07) is 17.3. The molecule has 2 aromatic rings. The number of fused-ring (bicyclic) bond motifs is 1. The first-order chi connectivity index (χ1) is 13.9. The third kappa shape index (κ3) is 5.67. The van der Waals surface area contributed by atoms with E-state index in [4.69, 9.17) is 0 Å². The quantitative estimate of drug-likeness (QED) is 0.673. The van der Waals surface area contributed by atoms with Gasteiger partial charge in [-0.25, -0.2) is 0 Å². The summed E-state index contributed by atoms with van der Waals surface area (Å²) in [6.07, 6.45) is 1.31. The number of hydrogen-bond acceptors (Lipinski definition) is 2. The fraction of sp³-hybridized carbons (Fsp3) is 0.417. The molecule has 0 spiro atoms. The van der Waals surface area contributed by atoms with Gasteiger partial charge in [-0.2, -0.15) is 0 Å². The lowest BCUT2D eigenvalue weighted by Gasteiger charge is -2.26. The van der Waals surface area contributed by atoms with Crippen molar-refractivity contribution in [3.05, 3.63) is 71.3 Å². The first-order valence-corrected chi connectivity index (χ1v) is 10.5. The van der Waals surface area contributed by atoms with Crippen LogP contribution in [0.15, 0.2) is 54.6 Å². The smallest absolute Gasteiger partial charge is 0.279 e. The maximum absolute atomic E-state index is 12.9. The molecule has 29 heavy (non-hydrogen) atoms. The largest absolute Gasteiger partial charge is 0.348 e. The lowest BCUT2D eigenvalue weighted by molar-refractivity contribution is -0.695. The number of amides is 2. The molecule has 0 saturated heterocycles. The summed E-state index contributed by atoms with van der Waals surface area (Å²) in [5.74, 6) is 0.112. The molecule has 1 aliphatic heterocycles. The van der Waals surface area contributed by atoms with Gasteiger partial charge in [-0.05, 0) is 30.4 Å². The second-order valence-corrected chi connectivity index (χ2v) is 8.35. The van der Waals surface area contributed by atoms with Crippen molar-refractivity contribution in [2.45, 2.75) is 58.3 Å². The van der Waals surface area contributed by atoms with Crippen LogP contribution in [0.3, 0.4) is 0 Å². The van der Waals surface area contributed by atoms with E-state index in [9.17, 15) is 9.59 Å². The number of rotatable bonds is 7. The van der Waals surface area contributed by atoms with Crippen molar-refractivity contribution >= 4 is 11.8 Å². The Balaban J connectivity index is 1.64. The van der Waals surface area contributed by atoms with Gasteiger partial charge in [0.25, 0.3) is 5.91 Å². The van der Waals surface area contributed by atoms with Crippen LogP contribution in [0.1, 0.15) is 49.9 Å². The zero-order valence-electron chi connectivity index (χ0n) is 17.5. The average molecular weight is 395 g/mol. The van der Waals surface area contributed by atoms with E-state index < -0.39 is 6.04 Å². The van der Waals surface area contributed by atoms with Crippen molar-refractivity contribution < 1.29 is 14.9 Å². The second kappa shape index (κ2) is 9.70. The normalized spacial score (nSPS) is 17.9. The Bertz CT molecular complexity index is 835. The average Bonchev–Trinajstić information content (AvgIpc) is 2.73. The van der Waals surface area contributed by atoms with Crippen LogP contribution in [0.2, 0.25) is 0 Å². The molecule has 2 aromatic carbocycles. The molecule has 1 heterocycles. The van der Waals surface area contributed by atoms with Crippen molar-refractivity contribution in [1.82, 2.24) is 10.6 Å². The highest BCUT2D eigenvalue weighted by Crippen LogP contribution is 2.15. The summed E-state index contributed by atoms with van der Waals surface area (Å²) >= 11 is 0. The molecule has 3 rings (SSSR count). The Hall–Kier alpha value is -2.66. The summed E-state index contributed by atoms with van der Waals surface area (Å²) in [5, 5.41) is 8.15. The van der Waals surface area contributed by atoms with E-state index >= 15 is 0 Å². The molecule has 0 aliphatic carbocycles. The molecule has 0 saturated carbocycles. The summed E-state index contributed by atoms with van der Waals surface area (Å²) < 4.78 is 0. The number of carbonyl (C=O) groups excluding carboxylic acids is 2. The maximum Gasteiger partial charge on any atom is 0.279 e. The zero-order chi connectivity index (χ0) is 20.8. The molecule has 154 valence electrons. The molecule has 4 N–H and O–H groups in total. The van der Waals surface area contributed by atoms with E-state index in [1.165, 1.54) is 11.1 Å². The number of nitrogens with one attached hydrogen (secondary N) is 2. The van der Waals surface area contributed by atoms with Crippen molar-refractivity contribution in [3.8, 4) is 0 Å². The van der Waals surface area contributed by atoms with Crippen LogP contribution in [0, 0.1) is 5.92 Å². The Labute approximate surface area is 173 Å². The van der Waals surface area contributed by atoms with E-state index in [2.05, 4.69) is 41.9 Å². The SMILES string of the molecule is CC(C)C[C@H](NC(=O)[C@@H]1Cc2ccccc2C[NH2+]1)C(=O)N[C@H](C)c1ccccc1. The Kier molecular flexibility index (Phi) is 7.04. The summed E-state index contributed by atoms with van der Waals surface area (Å²) in [7, 11) is 0. The molecule has 5 nitrogen and oxygen atoms in total. The van der Waals surface area contributed by atoms with Gasteiger partial charge in [0, 0.05) is 12.0 Å². The number of benzene rings is 2. The maximum atomic E-state index is 12.9. The van der Waals surface area contributed by atoms with Gasteiger partial charge < -0.3 is 16.0 Å². The van der Waals surface area contributed by atoms with Gasteiger partial charge in [-0.3, -0.25) is 9.59 Å². The van der Waals surface area contributed by atoms with E-state index in [1.807, 2.05) is 49.4 Å². The Morgan fingerprint density at radius 1 is 0.966 bits per heavy atom. The summed E-state index contributed by atoms with van der Waals surface area (Å²) in [5.41, 5.74) is 3.55. The monoisotopic (exact) mass is 394 g/mol. The second-order valence-electron chi connectivity index (χ2n) is 8.35. The topological polar surface area (TPSA) is 74.8 Å². The van der Waals surface area contributed by atoms with Gasteiger partial charge in [0.15, 0.2) is 6.04 Å². The Morgan fingerprint density at radius 2 is 1.62 bits per heavy atom. The van der Waals surface area contributed by atoms with Crippen LogP contribution < -0.4 is 16.0 Å². The first kappa shape index (κ1) is 21.1. The van der Waals surface area contributed by atoms with Crippen LogP contribution in [-0.2, 0) is 22.6 Å². The van der Waals surface area contributed by atoms with E-state index in [-0.39, 0.29) is 23.9 Å². The van der Waals surface area contributed by atoms with Gasteiger partial charge in [0.2, 0.25) is 5.91 Å².